The monoisotopic (exact) mass is 251 g/mol. The van der Waals surface area contributed by atoms with Crippen molar-refractivity contribution in [1.82, 2.24) is 0 Å². The van der Waals surface area contributed by atoms with Crippen LogP contribution in [0.1, 0.15) is 31.4 Å². The highest BCUT2D eigenvalue weighted by atomic mass is 19.1. The minimum absolute atomic E-state index is 0.0363. The van der Waals surface area contributed by atoms with E-state index in [-0.39, 0.29) is 17.6 Å². The third-order valence-electron chi connectivity index (χ3n) is 4.01. The summed E-state index contributed by atoms with van der Waals surface area (Å²) in [4.78, 5) is 12.6. The lowest BCUT2D eigenvalue weighted by Crippen LogP contribution is -3.13. The molecule has 1 aromatic carbocycles. The number of carbonyl (C=O) groups excluding carboxylic acids is 1. The molecular formula is C14H20FN2O+. The minimum Gasteiger partial charge on any atom is -0.369 e. The summed E-state index contributed by atoms with van der Waals surface area (Å²) >= 11 is 0. The van der Waals surface area contributed by atoms with Gasteiger partial charge in [0.15, 0.2) is 0 Å². The predicted octanol–water partition coefficient (Wildman–Crippen LogP) is 0.667. The van der Waals surface area contributed by atoms with Gasteiger partial charge < -0.3 is 10.6 Å². The van der Waals surface area contributed by atoms with Gasteiger partial charge in [0.1, 0.15) is 11.9 Å². The standard InChI is InChI=1S/C14H19FN2O/c1-10(11-2-4-13(15)5-3-11)17-8-6-12(7-9-17)14(16)18/h2-5,10,12H,6-9H2,1H3,(H2,16,18)/p+1/t10-/m0/s1. The fourth-order valence-corrected chi connectivity index (χ4v) is 2.69. The minimum atomic E-state index is -0.201. The van der Waals surface area contributed by atoms with Gasteiger partial charge in [-0.1, -0.05) is 12.1 Å². The van der Waals surface area contributed by atoms with E-state index in [1.54, 1.807) is 0 Å². The molecule has 98 valence electrons. The Morgan fingerprint density at radius 1 is 1.33 bits per heavy atom. The lowest BCUT2D eigenvalue weighted by atomic mass is 9.94. The predicted molar refractivity (Wildman–Crippen MR) is 67.4 cm³/mol. The van der Waals surface area contributed by atoms with Crippen molar-refractivity contribution >= 4 is 5.91 Å². The number of primary amides is 1. The van der Waals surface area contributed by atoms with Crippen LogP contribution in [0.25, 0.3) is 0 Å². The molecule has 4 heteroatoms. The van der Waals surface area contributed by atoms with Gasteiger partial charge in [-0.25, -0.2) is 4.39 Å². The van der Waals surface area contributed by atoms with Crippen LogP contribution in [0.3, 0.4) is 0 Å². The van der Waals surface area contributed by atoms with Crippen molar-refractivity contribution < 1.29 is 14.1 Å². The Bertz CT molecular complexity index is 410. The number of nitrogens with two attached hydrogens (primary N) is 1. The van der Waals surface area contributed by atoms with Crippen LogP contribution < -0.4 is 10.6 Å². The van der Waals surface area contributed by atoms with Crippen molar-refractivity contribution in [3.05, 3.63) is 35.6 Å². The van der Waals surface area contributed by atoms with E-state index in [0.717, 1.165) is 31.5 Å². The quantitative estimate of drug-likeness (QED) is 0.815. The molecule has 1 aromatic rings. The van der Waals surface area contributed by atoms with Crippen LogP contribution >= 0.6 is 0 Å². The Kier molecular flexibility index (Phi) is 3.97. The number of halogens is 1. The third-order valence-corrected chi connectivity index (χ3v) is 4.01. The SMILES string of the molecule is C[C@@H](c1ccc(F)cc1)[NH+]1CCC(C(N)=O)CC1. The molecule has 0 aromatic heterocycles. The van der Waals surface area contributed by atoms with Crippen LogP contribution in [0.5, 0.6) is 0 Å². The van der Waals surface area contributed by atoms with Crippen molar-refractivity contribution in [3.63, 3.8) is 0 Å². The van der Waals surface area contributed by atoms with Gasteiger partial charge in [0.2, 0.25) is 5.91 Å². The Balaban J connectivity index is 1.97. The van der Waals surface area contributed by atoms with E-state index < -0.39 is 0 Å². The first-order valence-electron chi connectivity index (χ1n) is 6.47. The van der Waals surface area contributed by atoms with Crippen LogP contribution in [0, 0.1) is 11.7 Å². The first-order valence-corrected chi connectivity index (χ1v) is 6.47. The van der Waals surface area contributed by atoms with Gasteiger partial charge in [0.25, 0.3) is 0 Å². The Labute approximate surface area is 107 Å². The van der Waals surface area contributed by atoms with Gasteiger partial charge in [0.05, 0.1) is 13.1 Å². The highest BCUT2D eigenvalue weighted by Gasteiger charge is 2.29. The number of amides is 1. The highest BCUT2D eigenvalue weighted by Crippen LogP contribution is 2.14. The number of rotatable bonds is 3. The van der Waals surface area contributed by atoms with Crippen molar-refractivity contribution in [1.29, 1.82) is 0 Å². The normalized spacial score (nSPS) is 25.7. The molecule has 0 radical (unpaired) electrons. The largest absolute Gasteiger partial charge is 0.369 e. The number of piperidine rings is 1. The Hall–Kier alpha value is -1.42. The average molecular weight is 251 g/mol. The zero-order valence-electron chi connectivity index (χ0n) is 10.7. The molecule has 1 fully saturated rings. The van der Waals surface area contributed by atoms with Gasteiger partial charge in [-0.2, -0.15) is 0 Å². The lowest BCUT2D eigenvalue weighted by molar-refractivity contribution is -0.935. The number of nitrogens with one attached hydrogen (secondary N) is 1. The summed E-state index contributed by atoms with van der Waals surface area (Å²) in [6.45, 7) is 4.05. The molecule has 1 saturated heterocycles. The maximum absolute atomic E-state index is 12.9. The van der Waals surface area contributed by atoms with E-state index in [2.05, 4.69) is 6.92 Å². The molecule has 1 aliphatic heterocycles. The maximum atomic E-state index is 12.9. The Morgan fingerprint density at radius 2 is 1.89 bits per heavy atom. The van der Waals surface area contributed by atoms with Crippen LogP contribution in [0.15, 0.2) is 24.3 Å². The molecule has 3 nitrogen and oxygen atoms in total. The lowest BCUT2D eigenvalue weighted by Gasteiger charge is -2.32. The summed E-state index contributed by atoms with van der Waals surface area (Å²) in [6.07, 6.45) is 1.71. The second kappa shape index (κ2) is 5.48. The number of likely N-dealkylation sites (tertiary alicyclic amines) is 1. The van der Waals surface area contributed by atoms with Crippen LogP contribution in [-0.2, 0) is 4.79 Å². The molecule has 0 unspecified atom stereocenters. The first kappa shape index (κ1) is 13.0. The van der Waals surface area contributed by atoms with Crippen LogP contribution in [-0.4, -0.2) is 19.0 Å². The summed E-state index contributed by atoms with van der Waals surface area (Å²) in [5.41, 5.74) is 6.47. The fourth-order valence-electron chi connectivity index (χ4n) is 2.69. The molecule has 0 saturated carbocycles. The maximum Gasteiger partial charge on any atom is 0.220 e. The number of hydrogen-bond donors (Lipinski definition) is 2. The molecule has 1 amide bonds. The summed E-state index contributed by atoms with van der Waals surface area (Å²) < 4.78 is 12.9. The average Bonchev–Trinajstić information content (AvgIpc) is 2.39. The van der Waals surface area contributed by atoms with Crippen molar-refractivity contribution in [2.45, 2.75) is 25.8 Å². The number of carbonyl (C=O) groups is 1. The van der Waals surface area contributed by atoms with E-state index >= 15 is 0 Å². The molecule has 3 N–H and O–H groups in total. The molecule has 0 bridgehead atoms. The summed E-state index contributed by atoms with van der Waals surface area (Å²) in [5.74, 6) is -0.342. The van der Waals surface area contributed by atoms with E-state index in [1.165, 1.54) is 17.0 Å². The fraction of sp³-hybridized carbons (Fsp3) is 0.500. The topological polar surface area (TPSA) is 47.5 Å². The summed E-state index contributed by atoms with van der Waals surface area (Å²) in [6, 6.07) is 7.02. The zero-order valence-corrected chi connectivity index (χ0v) is 10.7. The molecule has 1 aliphatic rings. The third kappa shape index (κ3) is 2.88. The van der Waals surface area contributed by atoms with Crippen molar-refractivity contribution in [2.24, 2.45) is 11.7 Å². The van der Waals surface area contributed by atoms with E-state index in [1.807, 2.05) is 12.1 Å². The van der Waals surface area contributed by atoms with Crippen LogP contribution in [0.4, 0.5) is 4.39 Å². The van der Waals surface area contributed by atoms with E-state index in [9.17, 15) is 9.18 Å². The number of quaternary nitrogens is 1. The van der Waals surface area contributed by atoms with Gasteiger partial charge in [0, 0.05) is 24.3 Å². The Morgan fingerprint density at radius 3 is 2.39 bits per heavy atom. The molecule has 18 heavy (non-hydrogen) atoms. The summed E-state index contributed by atoms with van der Waals surface area (Å²) in [5, 5.41) is 0. The van der Waals surface area contributed by atoms with Crippen molar-refractivity contribution in [3.8, 4) is 0 Å². The second-order valence-electron chi connectivity index (χ2n) is 5.11. The van der Waals surface area contributed by atoms with Gasteiger partial charge in [-0.15, -0.1) is 0 Å². The molecule has 1 heterocycles. The van der Waals surface area contributed by atoms with Crippen molar-refractivity contribution in [2.75, 3.05) is 13.1 Å². The smallest absolute Gasteiger partial charge is 0.220 e. The number of benzene rings is 1. The molecular weight excluding hydrogens is 231 g/mol. The summed E-state index contributed by atoms with van der Waals surface area (Å²) in [7, 11) is 0. The highest BCUT2D eigenvalue weighted by molar-refractivity contribution is 5.76. The van der Waals surface area contributed by atoms with Gasteiger partial charge in [-0.3, -0.25) is 4.79 Å². The molecule has 2 rings (SSSR count). The zero-order chi connectivity index (χ0) is 13.1. The molecule has 0 aliphatic carbocycles. The molecule has 0 spiro atoms. The molecule has 1 atom stereocenters. The second-order valence-corrected chi connectivity index (χ2v) is 5.11. The van der Waals surface area contributed by atoms with E-state index in [0.29, 0.717) is 6.04 Å². The van der Waals surface area contributed by atoms with Gasteiger partial charge >= 0.3 is 0 Å². The van der Waals surface area contributed by atoms with Gasteiger partial charge in [-0.05, 0) is 19.1 Å². The number of hydrogen-bond acceptors (Lipinski definition) is 1. The van der Waals surface area contributed by atoms with Crippen LogP contribution in [0.2, 0.25) is 0 Å². The first-order chi connectivity index (χ1) is 8.58. The van der Waals surface area contributed by atoms with E-state index in [4.69, 9.17) is 5.73 Å².